The van der Waals surface area contributed by atoms with Crippen LogP contribution < -0.4 is 0 Å². The van der Waals surface area contributed by atoms with Crippen molar-refractivity contribution in [3.8, 4) is 0 Å². The van der Waals surface area contributed by atoms with E-state index in [9.17, 15) is 13.2 Å². The van der Waals surface area contributed by atoms with Gasteiger partial charge in [0.15, 0.2) is 10.1 Å². The van der Waals surface area contributed by atoms with Gasteiger partial charge < -0.3 is 4.55 Å². The summed E-state index contributed by atoms with van der Waals surface area (Å²) in [7, 11) is -5.96. The summed E-state index contributed by atoms with van der Waals surface area (Å²) in [5.41, 5.74) is 0.715. The minimum absolute atomic E-state index is 0. The van der Waals surface area contributed by atoms with E-state index >= 15 is 0 Å². The van der Waals surface area contributed by atoms with Crippen molar-refractivity contribution in [3.05, 3.63) is 87.0 Å². The van der Waals surface area contributed by atoms with E-state index in [4.69, 9.17) is 13.0 Å². The average molecular weight is 778 g/mol. The molecule has 0 aliphatic heterocycles. The molecule has 0 spiro atoms. The molecule has 0 aromatic heterocycles. The largest absolute Gasteiger partial charge is 0.741 e. The molecule has 0 unspecified atom stereocenters. The number of rotatable bonds is 6. The summed E-state index contributed by atoms with van der Waals surface area (Å²) in [6.45, 7) is 18.7. The number of alkyl halides is 3. The predicted octanol–water partition coefficient (Wildman–Crippen LogP) is 10.0. The molecular weight excluding hydrogens is 730 g/mol. The molecule has 3 rings (SSSR count). The van der Waals surface area contributed by atoms with E-state index in [1.165, 1.54) is 25.7 Å². The zero-order chi connectivity index (χ0) is 30.9. The molecule has 11 heteroatoms. The summed E-state index contributed by atoms with van der Waals surface area (Å²) >= 11 is 0. The fourth-order valence-corrected chi connectivity index (χ4v) is 10.1. The molecule has 0 N–H and O–H groups in total. The van der Waals surface area contributed by atoms with Crippen LogP contribution in [-0.2, 0) is 46.7 Å². The van der Waals surface area contributed by atoms with Crippen molar-refractivity contribution < 1.29 is 62.7 Å². The van der Waals surface area contributed by atoms with E-state index in [-0.39, 0.29) is 52.4 Å². The summed E-state index contributed by atoms with van der Waals surface area (Å²) in [6, 6.07) is 0. The Morgan fingerprint density at radius 3 is 0.952 bits per heavy atom. The van der Waals surface area contributed by atoms with Crippen LogP contribution in [0.25, 0.3) is 0 Å². The molecule has 3 aliphatic rings. The van der Waals surface area contributed by atoms with Crippen LogP contribution in [0.5, 0.6) is 0 Å². The number of hydrogen-bond donors (Lipinski definition) is 0. The maximum Gasteiger partial charge on any atom is 0.485 e. The van der Waals surface area contributed by atoms with Crippen molar-refractivity contribution in [3.63, 3.8) is 0 Å². The van der Waals surface area contributed by atoms with Gasteiger partial charge in [-0.1, -0.05) is 95.5 Å². The first-order valence-corrected chi connectivity index (χ1v) is 18.2. The molecule has 42 heavy (non-hydrogen) atoms. The van der Waals surface area contributed by atoms with Gasteiger partial charge in [-0.2, -0.15) is 13.2 Å². The summed E-state index contributed by atoms with van der Waals surface area (Å²) in [5.74, 6) is 0. The molecular formula is C31H48F3FeO3P2RhS-. The SMILES string of the molecule is C1=C\CC/C=C\CC/1.CC(C)P([C]1[CH][CH][CH][CH]1)C(C)C.CC(C)P([C]1[CH][CH][CH][CH]1)C(C)C.O=S(=O)([O-])C(F)(F)F.[Fe].[Rh]. The van der Waals surface area contributed by atoms with Gasteiger partial charge >= 0.3 is 5.51 Å². The quantitative estimate of drug-likeness (QED) is 0.0888. The van der Waals surface area contributed by atoms with Crippen LogP contribution in [0.4, 0.5) is 13.2 Å². The Morgan fingerprint density at radius 1 is 0.619 bits per heavy atom. The van der Waals surface area contributed by atoms with E-state index in [0.29, 0.717) is 0 Å². The van der Waals surface area contributed by atoms with Crippen molar-refractivity contribution in [2.75, 3.05) is 0 Å². The third-order valence-electron chi connectivity index (χ3n) is 5.73. The third-order valence-corrected chi connectivity index (χ3v) is 12.5. The molecule has 0 aromatic rings. The van der Waals surface area contributed by atoms with Gasteiger partial charge in [-0.25, -0.2) is 8.42 Å². The fourth-order valence-electron chi connectivity index (χ4n) is 4.31. The summed E-state index contributed by atoms with van der Waals surface area (Å²) in [6.07, 6.45) is 31.7. The molecule has 0 amide bonds. The maximum absolute atomic E-state index is 10.7. The molecule has 0 bridgehead atoms. The number of halogens is 3. The molecule has 0 heterocycles. The minimum Gasteiger partial charge on any atom is -0.741 e. The van der Waals surface area contributed by atoms with Gasteiger partial charge in [0.1, 0.15) is 0 Å². The molecule has 0 aromatic carbocycles. The van der Waals surface area contributed by atoms with Crippen LogP contribution >= 0.6 is 15.8 Å². The Morgan fingerprint density at radius 2 is 0.810 bits per heavy atom. The molecule has 3 nitrogen and oxygen atoms in total. The van der Waals surface area contributed by atoms with Crippen LogP contribution in [0.1, 0.15) is 81.1 Å². The molecule has 0 saturated heterocycles. The van der Waals surface area contributed by atoms with Gasteiger partial charge in [0, 0.05) is 47.9 Å². The first-order chi connectivity index (χ1) is 18.5. The van der Waals surface area contributed by atoms with E-state index < -0.39 is 15.6 Å². The van der Waals surface area contributed by atoms with E-state index in [1.807, 2.05) is 0 Å². The third kappa shape index (κ3) is 21.1. The zero-order valence-corrected chi connectivity index (χ0v) is 31.3. The smallest absolute Gasteiger partial charge is 0.485 e. The van der Waals surface area contributed by atoms with Crippen LogP contribution in [0.2, 0.25) is 0 Å². The Kier molecular flexibility index (Phi) is 28.7. The van der Waals surface area contributed by atoms with Crippen LogP contribution in [-0.4, -0.2) is 41.1 Å². The van der Waals surface area contributed by atoms with Gasteiger partial charge in [0.05, 0.1) is 0 Å². The van der Waals surface area contributed by atoms with E-state index in [0.717, 1.165) is 22.6 Å². The van der Waals surface area contributed by atoms with Crippen molar-refractivity contribution in [2.24, 2.45) is 0 Å². The first kappa shape index (κ1) is 47.6. The van der Waals surface area contributed by atoms with Crippen molar-refractivity contribution in [1.29, 1.82) is 0 Å². The normalized spacial score (nSPS) is 19.6. The van der Waals surface area contributed by atoms with Crippen LogP contribution in [0.3, 0.4) is 0 Å². The molecule has 3 aliphatic carbocycles. The second-order valence-corrected chi connectivity index (χ2v) is 18.6. The Bertz CT molecular complexity index is 737. The number of allylic oxidation sites excluding steroid dienone is 4. The fraction of sp³-hybridized carbons (Fsp3) is 0.548. The molecule has 2 saturated carbocycles. The monoisotopic (exact) mass is 778 g/mol. The topological polar surface area (TPSA) is 57.2 Å². The molecule has 2 fully saturated rings. The minimum atomic E-state index is -6.09. The summed E-state index contributed by atoms with van der Waals surface area (Å²) in [5, 5.41) is 0. The van der Waals surface area contributed by atoms with Gasteiger partial charge in [-0.3, -0.25) is 0 Å². The zero-order valence-electron chi connectivity index (χ0n) is 25.9. The summed E-state index contributed by atoms with van der Waals surface area (Å²) < 4.78 is 58.9. The van der Waals surface area contributed by atoms with Gasteiger partial charge in [-0.15, -0.1) is 0 Å². The average Bonchev–Trinajstić information content (AvgIpc) is 3.47. The van der Waals surface area contributed by atoms with Crippen LogP contribution in [0.15, 0.2) is 24.3 Å². The predicted molar refractivity (Wildman–Crippen MR) is 168 cm³/mol. The molecule has 245 valence electrons. The number of hydrogen-bond acceptors (Lipinski definition) is 3. The van der Waals surface area contributed by atoms with Crippen LogP contribution in [0, 0.1) is 62.7 Å². The van der Waals surface area contributed by atoms with Gasteiger partial charge in [-0.05, 0) is 99.7 Å². The Balaban J connectivity index is -0.000000484. The maximum atomic E-state index is 10.7. The second kappa shape index (κ2) is 25.3. The second-order valence-electron chi connectivity index (χ2n) is 10.5. The summed E-state index contributed by atoms with van der Waals surface area (Å²) in [4.78, 5) is 0. The first-order valence-electron chi connectivity index (χ1n) is 13.8. The van der Waals surface area contributed by atoms with E-state index in [2.05, 4.69) is 131 Å². The van der Waals surface area contributed by atoms with Crippen molar-refractivity contribution >= 4 is 26.0 Å². The van der Waals surface area contributed by atoms with E-state index in [1.54, 1.807) is 11.3 Å². The Hall–Kier alpha value is 1.18. The standard InChI is InChI=1S/2C11H18P.C8H12.CHF3O3S.Fe.Rh/c2*1-9(2)12(10(3)4)11-7-5-6-8-11;1-2-4-6-8-7-5-3-1;2-1(3,4)8(5,6)7;;/h2*5-10H,1-4H3;1-2,7-8H,3-6H2;(H,5,6,7);;/p-1/b;;2-1-,8-7-;;;. The van der Waals surface area contributed by atoms with Crippen molar-refractivity contribution in [1.82, 2.24) is 0 Å². The van der Waals surface area contributed by atoms with Crippen molar-refractivity contribution in [2.45, 2.75) is 109 Å². The van der Waals surface area contributed by atoms with Gasteiger partial charge in [0.25, 0.3) is 0 Å². The molecule has 0 atom stereocenters. The Labute approximate surface area is 283 Å². The molecule has 11 radical (unpaired) electrons. The van der Waals surface area contributed by atoms with Gasteiger partial charge in [0.2, 0.25) is 0 Å².